The smallest absolute Gasteiger partial charge is 0.255 e. The molecular weight excluding hydrogens is 400 g/mol. The molecule has 7 nitrogen and oxygen atoms in total. The van der Waals surface area contributed by atoms with E-state index in [4.69, 9.17) is 9.72 Å². The van der Waals surface area contributed by atoms with Crippen LogP contribution in [0, 0.1) is 0 Å². The molecule has 0 atom stereocenters. The first-order valence-electron chi connectivity index (χ1n) is 10.1. The minimum atomic E-state index is -0.194. The Labute approximate surface area is 178 Å². The molecule has 0 spiro atoms. The Morgan fingerprint density at radius 2 is 1.97 bits per heavy atom. The van der Waals surface area contributed by atoms with Gasteiger partial charge in [0.1, 0.15) is 0 Å². The molecule has 0 radical (unpaired) electrons. The van der Waals surface area contributed by atoms with Crippen molar-refractivity contribution in [1.82, 2.24) is 4.98 Å². The summed E-state index contributed by atoms with van der Waals surface area (Å²) in [5.74, 6) is -0.0833. The van der Waals surface area contributed by atoms with Crippen LogP contribution in [0.25, 0.3) is 10.2 Å². The van der Waals surface area contributed by atoms with Crippen LogP contribution in [-0.4, -0.2) is 49.6 Å². The number of morpholine rings is 1. The monoisotopic (exact) mass is 422 g/mol. The van der Waals surface area contributed by atoms with Gasteiger partial charge >= 0.3 is 0 Å². The first kappa shape index (κ1) is 19.0. The zero-order valence-corrected chi connectivity index (χ0v) is 17.3. The minimum Gasteiger partial charge on any atom is -0.378 e. The van der Waals surface area contributed by atoms with Gasteiger partial charge in [0.2, 0.25) is 5.91 Å². The molecule has 2 fully saturated rings. The molecule has 8 heteroatoms. The average Bonchev–Trinajstić information content (AvgIpc) is 3.40. The van der Waals surface area contributed by atoms with Crippen LogP contribution in [0.4, 0.5) is 16.5 Å². The number of amides is 2. The van der Waals surface area contributed by atoms with Crippen molar-refractivity contribution in [2.45, 2.75) is 12.8 Å². The molecule has 1 N–H and O–H groups in total. The molecule has 0 saturated carbocycles. The number of nitrogens with zero attached hydrogens (tertiary/aromatic N) is 3. The number of fused-ring (bicyclic) bond motifs is 1. The van der Waals surface area contributed by atoms with E-state index in [1.54, 1.807) is 28.4 Å². The molecule has 2 saturated heterocycles. The largest absolute Gasteiger partial charge is 0.378 e. The Morgan fingerprint density at radius 1 is 1.10 bits per heavy atom. The van der Waals surface area contributed by atoms with Crippen molar-refractivity contribution in [3.8, 4) is 0 Å². The Balaban J connectivity index is 1.33. The van der Waals surface area contributed by atoms with Crippen molar-refractivity contribution in [3.05, 3.63) is 48.0 Å². The second-order valence-corrected chi connectivity index (χ2v) is 8.44. The van der Waals surface area contributed by atoms with Gasteiger partial charge in [-0.1, -0.05) is 17.4 Å². The Bertz CT molecular complexity index is 1110. The Morgan fingerprint density at radius 3 is 2.77 bits per heavy atom. The van der Waals surface area contributed by atoms with Gasteiger partial charge in [-0.15, -0.1) is 0 Å². The van der Waals surface area contributed by atoms with Gasteiger partial charge in [0.05, 0.1) is 23.4 Å². The number of ether oxygens (including phenoxy) is 1. The molecule has 0 unspecified atom stereocenters. The van der Waals surface area contributed by atoms with Crippen LogP contribution in [0.1, 0.15) is 23.2 Å². The number of aromatic nitrogens is 1. The quantitative estimate of drug-likeness (QED) is 0.696. The maximum absolute atomic E-state index is 12.8. The molecule has 3 heterocycles. The van der Waals surface area contributed by atoms with Gasteiger partial charge in [-0.25, -0.2) is 4.98 Å². The minimum absolute atomic E-state index is 0.110. The van der Waals surface area contributed by atoms with Crippen LogP contribution in [-0.2, 0) is 9.53 Å². The summed E-state index contributed by atoms with van der Waals surface area (Å²) in [6.45, 7) is 3.84. The highest BCUT2D eigenvalue weighted by molar-refractivity contribution is 7.22. The highest BCUT2D eigenvalue weighted by Crippen LogP contribution is 2.31. The molecule has 5 rings (SSSR count). The van der Waals surface area contributed by atoms with Crippen LogP contribution in [0.5, 0.6) is 0 Å². The number of hydrogen-bond donors (Lipinski definition) is 1. The molecule has 154 valence electrons. The SMILES string of the molecule is O=C(Nc1ccc2nc(N3CCOCC3)sc2c1)c1cccc(N2CCCC2=O)c1. The first-order valence-corrected chi connectivity index (χ1v) is 10.9. The fraction of sp³-hybridized carbons (Fsp3) is 0.318. The first-order chi connectivity index (χ1) is 14.7. The lowest BCUT2D eigenvalue weighted by Crippen LogP contribution is -2.36. The van der Waals surface area contributed by atoms with Crippen molar-refractivity contribution in [2.24, 2.45) is 0 Å². The molecule has 0 bridgehead atoms. The van der Waals surface area contributed by atoms with E-state index in [2.05, 4.69) is 10.2 Å². The lowest BCUT2D eigenvalue weighted by molar-refractivity contribution is -0.117. The van der Waals surface area contributed by atoms with Crippen molar-refractivity contribution in [2.75, 3.05) is 48.0 Å². The number of anilines is 3. The van der Waals surface area contributed by atoms with E-state index < -0.39 is 0 Å². The predicted molar refractivity (Wildman–Crippen MR) is 119 cm³/mol. The fourth-order valence-corrected chi connectivity index (χ4v) is 4.88. The normalized spacial score (nSPS) is 17.0. The number of nitrogens with one attached hydrogen (secondary N) is 1. The highest BCUT2D eigenvalue weighted by atomic mass is 32.1. The number of benzene rings is 2. The van der Waals surface area contributed by atoms with Crippen molar-refractivity contribution >= 4 is 49.9 Å². The molecule has 30 heavy (non-hydrogen) atoms. The van der Waals surface area contributed by atoms with Crippen LogP contribution in [0.3, 0.4) is 0 Å². The molecular formula is C22H22N4O3S. The maximum Gasteiger partial charge on any atom is 0.255 e. The van der Waals surface area contributed by atoms with Crippen molar-refractivity contribution in [3.63, 3.8) is 0 Å². The summed E-state index contributed by atoms with van der Waals surface area (Å²) < 4.78 is 6.45. The Kier molecular flexibility index (Phi) is 5.10. The van der Waals surface area contributed by atoms with Gasteiger partial charge in [0.25, 0.3) is 5.91 Å². The fourth-order valence-electron chi connectivity index (χ4n) is 3.82. The second kappa shape index (κ2) is 8.04. The number of hydrogen-bond acceptors (Lipinski definition) is 6. The third-order valence-corrected chi connectivity index (χ3v) is 6.49. The lowest BCUT2D eigenvalue weighted by Gasteiger charge is -2.25. The van der Waals surface area contributed by atoms with E-state index in [-0.39, 0.29) is 11.8 Å². The zero-order valence-electron chi connectivity index (χ0n) is 16.5. The van der Waals surface area contributed by atoms with E-state index in [1.807, 2.05) is 30.3 Å². The topological polar surface area (TPSA) is 74.8 Å². The number of carbonyl (C=O) groups excluding carboxylic acids is 2. The molecule has 2 aliphatic heterocycles. The van der Waals surface area contributed by atoms with Crippen LogP contribution in [0.2, 0.25) is 0 Å². The summed E-state index contributed by atoms with van der Waals surface area (Å²) in [7, 11) is 0. The second-order valence-electron chi connectivity index (χ2n) is 7.43. The van der Waals surface area contributed by atoms with Crippen LogP contribution >= 0.6 is 11.3 Å². The standard InChI is InChI=1S/C22H22N4O3S/c27-20-5-2-8-26(20)17-4-1-3-15(13-17)21(28)23-16-6-7-18-19(14-16)30-22(24-18)25-9-11-29-12-10-25/h1,3-4,6-7,13-14H,2,5,8-12H2,(H,23,28). The molecule has 2 aromatic carbocycles. The maximum atomic E-state index is 12.8. The van der Waals surface area contributed by atoms with E-state index in [9.17, 15) is 9.59 Å². The summed E-state index contributed by atoms with van der Waals surface area (Å²) >= 11 is 1.62. The van der Waals surface area contributed by atoms with Gasteiger partial charge in [-0.2, -0.15) is 0 Å². The van der Waals surface area contributed by atoms with Gasteiger partial charge in [0.15, 0.2) is 5.13 Å². The van der Waals surface area contributed by atoms with Crippen LogP contribution in [0.15, 0.2) is 42.5 Å². The van der Waals surface area contributed by atoms with Crippen LogP contribution < -0.4 is 15.1 Å². The van der Waals surface area contributed by atoms with Gasteiger partial charge in [-0.05, 0) is 42.8 Å². The van der Waals surface area contributed by atoms with Crippen molar-refractivity contribution < 1.29 is 14.3 Å². The third-order valence-electron chi connectivity index (χ3n) is 5.41. The Hall–Kier alpha value is -2.97. The van der Waals surface area contributed by atoms with Gasteiger partial charge < -0.3 is 19.9 Å². The number of carbonyl (C=O) groups is 2. The van der Waals surface area contributed by atoms with E-state index in [0.717, 1.165) is 59.4 Å². The van der Waals surface area contributed by atoms with E-state index in [0.29, 0.717) is 18.5 Å². The lowest BCUT2D eigenvalue weighted by atomic mass is 10.1. The summed E-state index contributed by atoms with van der Waals surface area (Å²) in [6.07, 6.45) is 1.42. The third kappa shape index (κ3) is 3.76. The summed E-state index contributed by atoms with van der Waals surface area (Å²) in [5.41, 5.74) is 2.96. The summed E-state index contributed by atoms with van der Waals surface area (Å²) in [4.78, 5) is 33.5. The van der Waals surface area contributed by atoms with Crippen molar-refractivity contribution in [1.29, 1.82) is 0 Å². The molecule has 0 aliphatic carbocycles. The van der Waals surface area contributed by atoms with E-state index >= 15 is 0 Å². The number of thiazole rings is 1. The molecule has 2 amide bonds. The predicted octanol–water partition coefficient (Wildman–Crippen LogP) is 3.51. The average molecular weight is 423 g/mol. The van der Waals surface area contributed by atoms with Gasteiger partial charge in [-0.3, -0.25) is 9.59 Å². The van der Waals surface area contributed by atoms with E-state index in [1.165, 1.54) is 0 Å². The highest BCUT2D eigenvalue weighted by Gasteiger charge is 2.22. The zero-order chi connectivity index (χ0) is 20.5. The molecule has 3 aromatic rings. The molecule has 1 aromatic heterocycles. The van der Waals surface area contributed by atoms with Gasteiger partial charge in [0, 0.05) is 43.0 Å². The number of rotatable bonds is 4. The molecule has 2 aliphatic rings. The summed E-state index contributed by atoms with van der Waals surface area (Å²) in [5, 5.41) is 3.96. The summed E-state index contributed by atoms with van der Waals surface area (Å²) in [6, 6.07) is 13.0.